The predicted octanol–water partition coefficient (Wildman–Crippen LogP) is 3.87. The largest absolute Gasteiger partial charge is 0.504 e. The van der Waals surface area contributed by atoms with Gasteiger partial charge in [-0.2, -0.15) is 0 Å². The summed E-state index contributed by atoms with van der Waals surface area (Å²) in [6.45, 7) is 0. The van der Waals surface area contributed by atoms with Crippen LogP contribution in [0.25, 0.3) is 11.3 Å². The second kappa shape index (κ2) is 5.78. The van der Waals surface area contributed by atoms with E-state index >= 15 is 0 Å². The molecule has 0 atom stereocenters. The highest BCUT2D eigenvalue weighted by atomic mass is 32.1. The Morgan fingerprint density at radius 1 is 1.32 bits per heavy atom. The van der Waals surface area contributed by atoms with E-state index in [9.17, 15) is 9.90 Å². The van der Waals surface area contributed by atoms with E-state index in [4.69, 9.17) is 9.84 Å². The summed E-state index contributed by atoms with van der Waals surface area (Å²) in [5, 5.41) is 22.8. The van der Waals surface area contributed by atoms with Gasteiger partial charge in [0.05, 0.1) is 18.4 Å². The Kier molecular flexibility index (Phi) is 3.58. The molecule has 0 fully saturated rings. The van der Waals surface area contributed by atoms with Crippen molar-refractivity contribution in [2.75, 3.05) is 12.4 Å². The van der Waals surface area contributed by atoms with Crippen LogP contribution in [0.1, 0.15) is 20.8 Å². The number of carbonyl (C=O) groups is 1. The molecule has 0 amide bonds. The number of methoxy groups -OCH3 is 1. The maximum atomic E-state index is 11.1. The van der Waals surface area contributed by atoms with Crippen LogP contribution in [0.5, 0.6) is 11.5 Å². The first-order valence-electron chi connectivity index (χ1n) is 7.55. The molecule has 1 aliphatic carbocycles. The third-order valence-electron chi connectivity index (χ3n) is 4.07. The number of aromatic hydroxyl groups is 1. The van der Waals surface area contributed by atoms with Crippen LogP contribution >= 0.6 is 11.3 Å². The van der Waals surface area contributed by atoms with Crippen LogP contribution in [0.15, 0.2) is 36.4 Å². The number of ether oxygens (including phenoxy) is 1. The summed E-state index contributed by atoms with van der Waals surface area (Å²) >= 11 is 1.51. The average molecular weight is 354 g/mol. The maximum absolute atomic E-state index is 11.1. The van der Waals surface area contributed by atoms with Gasteiger partial charge in [0.25, 0.3) is 0 Å². The zero-order valence-electron chi connectivity index (χ0n) is 13.2. The van der Waals surface area contributed by atoms with Crippen LogP contribution in [0, 0.1) is 0 Å². The maximum Gasteiger partial charge on any atom is 0.335 e. The fourth-order valence-corrected chi connectivity index (χ4v) is 3.92. The molecule has 1 aromatic heterocycles. The van der Waals surface area contributed by atoms with Gasteiger partial charge in [-0.15, -0.1) is 11.3 Å². The Bertz CT molecular complexity index is 997. The summed E-state index contributed by atoms with van der Waals surface area (Å²) in [5.41, 5.74) is 3.74. The second-order valence-corrected chi connectivity index (χ2v) is 6.74. The third-order valence-corrected chi connectivity index (χ3v) is 5.04. The lowest BCUT2D eigenvalue weighted by Crippen LogP contribution is -1.97. The Labute approximate surface area is 147 Å². The number of phenolic OH excluding ortho intramolecular Hbond substituents is 1. The molecule has 1 heterocycles. The second-order valence-electron chi connectivity index (χ2n) is 5.66. The van der Waals surface area contributed by atoms with Crippen LogP contribution in [0.3, 0.4) is 0 Å². The smallest absolute Gasteiger partial charge is 0.335 e. The van der Waals surface area contributed by atoms with Crippen molar-refractivity contribution in [1.29, 1.82) is 0 Å². The molecule has 3 N–H and O–H groups in total. The molecular formula is C18H14N2O4S. The van der Waals surface area contributed by atoms with Crippen molar-refractivity contribution in [2.24, 2.45) is 0 Å². The monoisotopic (exact) mass is 354 g/mol. The zero-order chi connectivity index (χ0) is 17.6. The number of anilines is 2. The number of nitrogens with zero attached hydrogens (tertiary/aromatic N) is 1. The molecule has 0 bridgehead atoms. The average Bonchev–Trinajstić information content (AvgIpc) is 3.11. The minimum absolute atomic E-state index is 0.125. The highest BCUT2D eigenvalue weighted by molar-refractivity contribution is 7.16. The third kappa shape index (κ3) is 2.68. The first-order valence-corrected chi connectivity index (χ1v) is 8.37. The van der Waals surface area contributed by atoms with Crippen LogP contribution in [0.2, 0.25) is 0 Å². The molecule has 0 saturated carbocycles. The molecule has 4 rings (SSSR count). The van der Waals surface area contributed by atoms with Crippen molar-refractivity contribution in [3.63, 3.8) is 0 Å². The summed E-state index contributed by atoms with van der Waals surface area (Å²) in [7, 11) is 1.51. The van der Waals surface area contributed by atoms with Crippen molar-refractivity contribution < 1.29 is 19.7 Å². The van der Waals surface area contributed by atoms with E-state index in [0.29, 0.717) is 23.0 Å². The standard InChI is InChI=1S/C18H14N2O4S/c1-24-14-8-12-10(6-13(14)21)7-15-16(12)20-18(25-15)19-11-4-2-3-9(5-11)17(22)23/h2-6,8,21H,7H2,1H3,(H,19,20)(H,22,23). The molecule has 6 nitrogen and oxygen atoms in total. The van der Waals surface area contributed by atoms with Gasteiger partial charge in [-0.1, -0.05) is 6.07 Å². The molecule has 3 aromatic rings. The summed E-state index contributed by atoms with van der Waals surface area (Å²) in [4.78, 5) is 16.8. The Balaban J connectivity index is 1.66. The number of carboxylic acids is 1. The van der Waals surface area contributed by atoms with E-state index in [1.54, 1.807) is 36.4 Å². The number of hydrogen-bond acceptors (Lipinski definition) is 6. The van der Waals surface area contributed by atoms with Crippen LogP contribution in [-0.4, -0.2) is 28.3 Å². The number of hydrogen-bond donors (Lipinski definition) is 3. The van der Waals surface area contributed by atoms with Crippen molar-refractivity contribution in [3.8, 4) is 22.8 Å². The first-order chi connectivity index (χ1) is 12.0. The lowest BCUT2D eigenvalue weighted by atomic mass is 10.1. The Morgan fingerprint density at radius 2 is 2.16 bits per heavy atom. The van der Waals surface area contributed by atoms with Gasteiger partial charge in [-0.3, -0.25) is 0 Å². The molecule has 2 aromatic carbocycles. The number of benzene rings is 2. The van der Waals surface area contributed by atoms with Crippen molar-refractivity contribution >= 4 is 28.1 Å². The van der Waals surface area contributed by atoms with Gasteiger partial charge in [-0.25, -0.2) is 9.78 Å². The van der Waals surface area contributed by atoms with Crippen molar-refractivity contribution in [3.05, 3.63) is 52.4 Å². The molecule has 0 saturated heterocycles. The molecule has 7 heteroatoms. The quantitative estimate of drug-likeness (QED) is 0.515. The van der Waals surface area contributed by atoms with E-state index in [1.165, 1.54) is 18.4 Å². The highest BCUT2D eigenvalue weighted by Crippen LogP contribution is 2.45. The molecule has 1 aliphatic rings. The molecule has 0 aliphatic heterocycles. The SMILES string of the molecule is COc1cc2c(cc1O)Cc1sc(Nc3cccc(C(=O)O)c3)nc1-2. The fraction of sp³-hybridized carbons (Fsp3) is 0.111. The lowest BCUT2D eigenvalue weighted by molar-refractivity contribution is 0.0697. The lowest BCUT2D eigenvalue weighted by Gasteiger charge is -2.07. The van der Waals surface area contributed by atoms with E-state index in [-0.39, 0.29) is 11.3 Å². The van der Waals surface area contributed by atoms with Gasteiger partial charge in [-0.05, 0) is 35.9 Å². The number of thiazole rings is 1. The summed E-state index contributed by atoms with van der Waals surface area (Å²) in [5.74, 6) is -0.422. The van der Waals surface area contributed by atoms with Gasteiger partial charge in [0.2, 0.25) is 0 Å². The molecule has 25 heavy (non-hydrogen) atoms. The van der Waals surface area contributed by atoms with Gasteiger partial charge >= 0.3 is 5.97 Å². The summed E-state index contributed by atoms with van der Waals surface area (Å²) in [6.07, 6.45) is 0.705. The number of carboxylic acid groups (broad SMARTS) is 1. The number of aromatic carboxylic acids is 1. The Morgan fingerprint density at radius 3 is 2.92 bits per heavy atom. The Hall–Kier alpha value is -3.06. The first kappa shape index (κ1) is 15.5. The van der Waals surface area contributed by atoms with Gasteiger partial charge in [0, 0.05) is 22.5 Å². The molecule has 0 radical (unpaired) electrons. The van der Waals surface area contributed by atoms with Crippen LogP contribution in [0.4, 0.5) is 10.8 Å². The minimum atomic E-state index is -0.967. The number of rotatable bonds is 4. The normalized spacial score (nSPS) is 11.7. The fourth-order valence-electron chi connectivity index (χ4n) is 2.90. The molecule has 0 unspecified atom stereocenters. The minimum Gasteiger partial charge on any atom is -0.504 e. The van der Waals surface area contributed by atoms with Crippen LogP contribution in [-0.2, 0) is 6.42 Å². The van der Waals surface area contributed by atoms with Crippen molar-refractivity contribution in [1.82, 2.24) is 4.98 Å². The molecule has 0 spiro atoms. The summed E-state index contributed by atoms with van der Waals surface area (Å²) in [6, 6.07) is 10.1. The molecule has 126 valence electrons. The van der Waals surface area contributed by atoms with Gasteiger partial charge < -0.3 is 20.3 Å². The van der Waals surface area contributed by atoms with E-state index in [0.717, 1.165) is 21.7 Å². The van der Waals surface area contributed by atoms with E-state index in [1.807, 2.05) is 0 Å². The number of aromatic nitrogens is 1. The van der Waals surface area contributed by atoms with Crippen molar-refractivity contribution in [2.45, 2.75) is 6.42 Å². The predicted molar refractivity (Wildman–Crippen MR) is 95.3 cm³/mol. The number of fused-ring (bicyclic) bond motifs is 3. The van der Waals surface area contributed by atoms with Crippen LogP contribution < -0.4 is 10.1 Å². The van der Waals surface area contributed by atoms with Gasteiger partial charge in [0.1, 0.15) is 0 Å². The van der Waals surface area contributed by atoms with E-state index < -0.39 is 5.97 Å². The molecular weight excluding hydrogens is 340 g/mol. The topological polar surface area (TPSA) is 91.7 Å². The highest BCUT2D eigenvalue weighted by Gasteiger charge is 2.25. The zero-order valence-corrected chi connectivity index (χ0v) is 14.1. The van der Waals surface area contributed by atoms with Gasteiger partial charge in [0.15, 0.2) is 16.6 Å². The number of nitrogens with one attached hydrogen (secondary N) is 1. The summed E-state index contributed by atoms with van der Waals surface area (Å²) < 4.78 is 5.18. The number of phenols is 1. The van der Waals surface area contributed by atoms with E-state index in [2.05, 4.69) is 10.3 Å².